The summed E-state index contributed by atoms with van der Waals surface area (Å²) in [7, 11) is 0. The molecule has 1 amide bonds. The molecule has 0 unspecified atom stereocenters. The quantitative estimate of drug-likeness (QED) is 0.654. The molecule has 1 aliphatic rings. The summed E-state index contributed by atoms with van der Waals surface area (Å²) in [5.41, 5.74) is 1.91. The number of carbonyl (C=O) groups is 2. The van der Waals surface area contributed by atoms with Gasteiger partial charge in [0.1, 0.15) is 5.82 Å². The first kappa shape index (κ1) is 15.9. The smallest absolute Gasteiger partial charge is 0.335 e. The number of amides is 1. The standard InChI is InChI=1S/C19H16FNO3/c20-15-7-5-13(6-8-15)17(18(22)21-16-9-10-16)11-12-1-3-14(4-2-12)19(23)24/h1-8,11,16H,9-10H2,(H,21,22)(H,23,24). The fourth-order valence-electron chi connectivity index (χ4n) is 2.29. The summed E-state index contributed by atoms with van der Waals surface area (Å²) >= 11 is 0. The fourth-order valence-corrected chi connectivity index (χ4v) is 2.29. The van der Waals surface area contributed by atoms with E-state index in [1.807, 2.05) is 0 Å². The van der Waals surface area contributed by atoms with Crippen molar-refractivity contribution >= 4 is 23.5 Å². The number of rotatable bonds is 5. The lowest BCUT2D eigenvalue weighted by Gasteiger charge is -2.09. The zero-order valence-electron chi connectivity index (χ0n) is 12.8. The van der Waals surface area contributed by atoms with Gasteiger partial charge in [-0.15, -0.1) is 0 Å². The summed E-state index contributed by atoms with van der Waals surface area (Å²) in [5, 5.41) is 11.9. The van der Waals surface area contributed by atoms with E-state index in [4.69, 9.17) is 5.11 Å². The molecule has 0 spiro atoms. The van der Waals surface area contributed by atoms with E-state index in [2.05, 4.69) is 5.32 Å². The predicted molar refractivity (Wildman–Crippen MR) is 88.8 cm³/mol. The molecule has 1 fully saturated rings. The van der Waals surface area contributed by atoms with Crippen molar-refractivity contribution in [3.05, 3.63) is 71.0 Å². The van der Waals surface area contributed by atoms with Crippen LogP contribution in [0.4, 0.5) is 4.39 Å². The van der Waals surface area contributed by atoms with Crippen LogP contribution in [0.5, 0.6) is 0 Å². The summed E-state index contributed by atoms with van der Waals surface area (Å²) in [6.07, 6.45) is 3.61. The van der Waals surface area contributed by atoms with Crippen LogP contribution < -0.4 is 5.32 Å². The average molecular weight is 325 g/mol. The molecule has 0 aliphatic heterocycles. The van der Waals surface area contributed by atoms with Crippen LogP contribution in [0.3, 0.4) is 0 Å². The minimum absolute atomic E-state index is 0.179. The number of benzene rings is 2. The molecule has 0 atom stereocenters. The molecule has 0 saturated heterocycles. The SMILES string of the molecule is O=C(NC1CC1)C(=Cc1ccc(C(=O)O)cc1)c1ccc(F)cc1. The Morgan fingerprint density at radius 2 is 1.58 bits per heavy atom. The molecule has 2 N–H and O–H groups in total. The highest BCUT2D eigenvalue weighted by Crippen LogP contribution is 2.24. The van der Waals surface area contributed by atoms with E-state index < -0.39 is 5.97 Å². The van der Waals surface area contributed by atoms with Crippen LogP contribution >= 0.6 is 0 Å². The van der Waals surface area contributed by atoms with Crippen LogP contribution in [-0.2, 0) is 4.79 Å². The van der Waals surface area contributed by atoms with Crippen molar-refractivity contribution in [2.45, 2.75) is 18.9 Å². The van der Waals surface area contributed by atoms with Crippen molar-refractivity contribution in [1.82, 2.24) is 5.32 Å². The number of carbonyl (C=O) groups excluding carboxylic acids is 1. The van der Waals surface area contributed by atoms with Crippen LogP contribution in [0.1, 0.15) is 34.3 Å². The Morgan fingerprint density at radius 1 is 1.00 bits per heavy atom. The van der Waals surface area contributed by atoms with Gasteiger partial charge >= 0.3 is 5.97 Å². The highest BCUT2D eigenvalue weighted by atomic mass is 19.1. The lowest BCUT2D eigenvalue weighted by atomic mass is 10.0. The van der Waals surface area contributed by atoms with Crippen molar-refractivity contribution < 1.29 is 19.1 Å². The van der Waals surface area contributed by atoms with Gasteiger partial charge < -0.3 is 10.4 Å². The molecule has 5 heteroatoms. The van der Waals surface area contributed by atoms with Crippen molar-refractivity contribution in [3.63, 3.8) is 0 Å². The highest BCUT2D eigenvalue weighted by molar-refractivity contribution is 6.24. The Labute approximate surface area is 138 Å². The van der Waals surface area contributed by atoms with Crippen LogP contribution in [0, 0.1) is 5.82 Å². The second-order valence-corrected chi connectivity index (χ2v) is 5.74. The lowest BCUT2D eigenvalue weighted by Crippen LogP contribution is -2.26. The minimum Gasteiger partial charge on any atom is -0.478 e. The third-order valence-electron chi connectivity index (χ3n) is 3.78. The summed E-state index contributed by atoms with van der Waals surface area (Å²) < 4.78 is 13.1. The van der Waals surface area contributed by atoms with E-state index in [-0.39, 0.29) is 23.3 Å². The van der Waals surface area contributed by atoms with E-state index in [0.29, 0.717) is 16.7 Å². The summed E-state index contributed by atoms with van der Waals surface area (Å²) in [6.45, 7) is 0. The van der Waals surface area contributed by atoms with E-state index in [1.54, 1.807) is 30.3 Å². The number of carboxylic acids is 1. The zero-order valence-corrected chi connectivity index (χ0v) is 12.8. The molecular weight excluding hydrogens is 309 g/mol. The maximum Gasteiger partial charge on any atom is 0.335 e. The van der Waals surface area contributed by atoms with E-state index in [9.17, 15) is 14.0 Å². The number of carboxylic acid groups (broad SMARTS) is 1. The van der Waals surface area contributed by atoms with Gasteiger partial charge in [-0.3, -0.25) is 4.79 Å². The van der Waals surface area contributed by atoms with Crippen molar-refractivity contribution in [1.29, 1.82) is 0 Å². The monoisotopic (exact) mass is 325 g/mol. The molecule has 2 aromatic rings. The molecule has 3 rings (SSSR count). The molecule has 0 bridgehead atoms. The number of aromatic carboxylic acids is 1. The normalized spacial score (nSPS) is 14.3. The molecule has 1 aliphatic carbocycles. The molecule has 0 radical (unpaired) electrons. The van der Waals surface area contributed by atoms with Crippen molar-refractivity contribution in [2.75, 3.05) is 0 Å². The largest absolute Gasteiger partial charge is 0.478 e. The van der Waals surface area contributed by atoms with Gasteiger partial charge in [0.15, 0.2) is 0 Å². The molecule has 24 heavy (non-hydrogen) atoms. The molecule has 122 valence electrons. The lowest BCUT2D eigenvalue weighted by molar-refractivity contribution is -0.115. The topological polar surface area (TPSA) is 66.4 Å². The van der Waals surface area contributed by atoms with E-state index in [1.165, 1.54) is 24.3 Å². The highest BCUT2D eigenvalue weighted by Gasteiger charge is 2.25. The first-order valence-corrected chi connectivity index (χ1v) is 7.65. The molecular formula is C19H16FNO3. The van der Waals surface area contributed by atoms with Gasteiger partial charge in [0.05, 0.1) is 5.56 Å². The van der Waals surface area contributed by atoms with Gasteiger partial charge in [-0.25, -0.2) is 9.18 Å². The maximum absolute atomic E-state index is 13.1. The Bertz CT molecular complexity index is 790. The second kappa shape index (κ2) is 6.66. The molecule has 0 heterocycles. The summed E-state index contributed by atoms with van der Waals surface area (Å²) in [6, 6.07) is 12.2. The number of halogens is 1. The van der Waals surface area contributed by atoms with Gasteiger partial charge in [0.25, 0.3) is 5.91 Å². The number of hydrogen-bond acceptors (Lipinski definition) is 2. The van der Waals surface area contributed by atoms with Gasteiger partial charge in [-0.1, -0.05) is 24.3 Å². The Kier molecular flexibility index (Phi) is 4.42. The average Bonchev–Trinajstić information content (AvgIpc) is 3.38. The molecule has 1 saturated carbocycles. The third-order valence-corrected chi connectivity index (χ3v) is 3.78. The molecule has 4 nitrogen and oxygen atoms in total. The molecule has 2 aromatic carbocycles. The zero-order chi connectivity index (χ0) is 17.1. The first-order valence-electron chi connectivity index (χ1n) is 7.65. The number of hydrogen-bond donors (Lipinski definition) is 2. The second-order valence-electron chi connectivity index (χ2n) is 5.74. The van der Waals surface area contributed by atoms with Crippen molar-refractivity contribution in [2.24, 2.45) is 0 Å². The predicted octanol–water partition coefficient (Wildman–Crippen LogP) is 3.34. The van der Waals surface area contributed by atoms with Crippen molar-refractivity contribution in [3.8, 4) is 0 Å². The Morgan fingerprint density at radius 3 is 2.12 bits per heavy atom. The Hall–Kier alpha value is -2.95. The first-order chi connectivity index (χ1) is 11.5. The van der Waals surface area contributed by atoms with Gasteiger partial charge in [-0.2, -0.15) is 0 Å². The van der Waals surface area contributed by atoms with Crippen LogP contribution in [-0.4, -0.2) is 23.0 Å². The molecule has 0 aromatic heterocycles. The maximum atomic E-state index is 13.1. The van der Waals surface area contributed by atoms with E-state index >= 15 is 0 Å². The Balaban J connectivity index is 1.94. The van der Waals surface area contributed by atoms with Gasteiger partial charge in [-0.05, 0) is 54.3 Å². The van der Waals surface area contributed by atoms with Gasteiger partial charge in [0.2, 0.25) is 0 Å². The fraction of sp³-hybridized carbons (Fsp3) is 0.158. The van der Waals surface area contributed by atoms with Crippen LogP contribution in [0.2, 0.25) is 0 Å². The number of nitrogens with one attached hydrogen (secondary N) is 1. The minimum atomic E-state index is -1.00. The summed E-state index contributed by atoms with van der Waals surface area (Å²) in [5.74, 6) is -1.59. The van der Waals surface area contributed by atoms with Crippen LogP contribution in [0.25, 0.3) is 11.6 Å². The van der Waals surface area contributed by atoms with Crippen LogP contribution in [0.15, 0.2) is 48.5 Å². The van der Waals surface area contributed by atoms with Gasteiger partial charge in [0, 0.05) is 11.6 Å². The van der Waals surface area contributed by atoms with E-state index in [0.717, 1.165) is 12.8 Å². The third kappa shape index (κ3) is 3.87. The summed E-state index contributed by atoms with van der Waals surface area (Å²) in [4.78, 5) is 23.4.